The number of sulfonamides is 1. The van der Waals surface area contributed by atoms with Gasteiger partial charge < -0.3 is 24.6 Å². The van der Waals surface area contributed by atoms with Gasteiger partial charge in [0.05, 0.1) is 6.26 Å². The van der Waals surface area contributed by atoms with Crippen molar-refractivity contribution in [2.75, 3.05) is 46.5 Å². The maximum absolute atomic E-state index is 11.4. The van der Waals surface area contributed by atoms with Crippen LogP contribution in [-0.2, 0) is 27.9 Å². The van der Waals surface area contributed by atoms with E-state index in [9.17, 15) is 13.2 Å². The van der Waals surface area contributed by atoms with Gasteiger partial charge in [0, 0.05) is 83.0 Å². The second kappa shape index (κ2) is 16.2. The van der Waals surface area contributed by atoms with Crippen molar-refractivity contribution in [2.45, 2.75) is 56.9 Å². The Labute approximate surface area is 326 Å². The molecule has 0 saturated carbocycles. The molecule has 2 fully saturated rings. The van der Waals surface area contributed by atoms with E-state index in [4.69, 9.17) is 9.47 Å². The van der Waals surface area contributed by atoms with Crippen molar-refractivity contribution in [3.05, 3.63) is 143 Å². The van der Waals surface area contributed by atoms with Crippen LogP contribution in [-0.4, -0.2) is 81.9 Å². The summed E-state index contributed by atoms with van der Waals surface area (Å²) in [6.07, 6.45) is 9.69. The van der Waals surface area contributed by atoms with Crippen molar-refractivity contribution < 1.29 is 22.7 Å². The molecule has 10 heteroatoms. The molecule has 4 aromatic rings. The highest BCUT2D eigenvalue weighted by Gasteiger charge is 2.39. The fourth-order valence-corrected chi connectivity index (χ4v) is 8.27. The van der Waals surface area contributed by atoms with Gasteiger partial charge in [0.1, 0.15) is 22.7 Å². The maximum atomic E-state index is 11.4. The molecule has 2 spiro atoms. The summed E-state index contributed by atoms with van der Waals surface area (Å²) >= 11 is 0. The van der Waals surface area contributed by atoms with E-state index in [-0.39, 0.29) is 23.7 Å². The number of benzene rings is 4. The molecule has 55 heavy (non-hydrogen) atoms. The third kappa shape index (κ3) is 9.39. The van der Waals surface area contributed by atoms with Crippen LogP contribution in [0.25, 0.3) is 11.1 Å². The summed E-state index contributed by atoms with van der Waals surface area (Å²) in [7, 11) is 1.09. The number of rotatable bonds is 7. The van der Waals surface area contributed by atoms with Crippen molar-refractivity contribution in [1.29, 1.82) is 0 Å². The maximum Gasteiger partial charge on any atom is 0.217 e. The molecule has 288 valence electrons. The van der Waals surface area contributed by atoms with E-state index in [0.717, 1.165) is 96.8 Å². The van der Waals surface area contributed by atoms with Crippen LogP contribution < -0.4 is 19.5 Å². The van der Waals surface area contributed by atoms with Crippen LogP contribution in [0.15, 0.2) is 109 Å². The summed E-state index contributed by atoms with van der Waals surface area (Å²) in [4.78, 5) is 15.9. The van der Waals surface area contributed by atoms with Crippen LogP contribution in [0.5, 0.6) is 11.5 Å². The molecule has 1 amide bonds. The van der Waals surface area contributed by atoms with E-state index in [2.05, 4.69) is 107 Å². The zero-order valence-corrected chi connectivity index (χ0v) is 33.1. The monoisotopic (exact) mass is 760 g/mol. The molecule has 9 nitrogen and oxygen atoms in total. The third-order valence-corrected chi connectivity index (χ3v) is 11.7. The molecule has 4 aliphatic heterocycles. The van der Waals surface area contributed by atoms with Gasteiger partial charge in [-0.2, -0.15) is 0 Å². The lowest BCUT2D eigenvalue weighted by molar-refractivity contribution is -0.119. The molecule has 4 heterocycles. The quantitative estimate of drug-likeness (QED) is 0.218. The lowest BCUT2D eigenvalue weighted by atomic mass is 9.83. The number of amides is 1. The fraction of sp³-hybridized carbons (Fsp3) is 0.356. The highest BCUT2D eigenvalue weighted by atomic mass is 32.2. The lowest BCUT2D eigenvalue weighted by Gasteiger charge is -2.42. The minimum absolute atomic E-state index is 0.0127. The molecule has 0 aliphatic carbocycles. The molecule has 2 N–H and O–H groups in total. The number of hydrogen-bond donors (Lipinski definition) is 2. The first-order chi connectivity index (χ1) is 26.4. The summed E-state index contributed by atoms with van der Waals surface area (Å²) in [5.74, 6) is 1.87. The molecule has 0 radical (unpaired) electrons. The summed E-state index contributed by atoms with van der Waals surface area (Å²) in [5.41, 5.74) is 8.39. The Morgan fingerprint density at radius 1 is 0.655 bits per heavy atom. The molecule has 8 rings (SSSR count). The van der Waals surface area contributed by atoms with Gasteiger partial charge in [0.15, 0.2) is 0 Å². The molecular formula is C45H52N4O5S. The normalized spacial score (nSPS) is 18.7. The van der Waals surface area contributed by atoms with Crippen molar-refractivity contribution in [2.24, 2.45) is 0 Å². The van der Waals surface area contributed by atoms with E-state index in [1.165, 1.54) is 17.4 Å². The molecule has 0 bridgehead atoms. The van der Waals surface area contributed by atoms with E-state index >= 15 is 0 Å². The number of ether oxygens (including phenoxy) is 2. The fourth-order valence-electron chi connectivity index (χ4n) is 7.84. The minimum atomic E-state index is -3.23. The number of para-hydroxylation sites is 2. The largest absolute Gasteiger partial charge is 0.482 e. The highest BCUT2D eigenvalue weighted by molar-refractivity contribution is 7.88. The number of carbonyl (C=O) groups is 1. The Morgan fingerprint density at radius 3 is 1.53 bits per heavy atom. The molecular weight excluding hydrogens is 709 g/mol. The Kier molecular flexibility index (Phi) is 11.3. The van der Waals surface area contributed by atoms with Crippen molar-refractivity contribution >= 4 is 27.1 Å². The average Bonchev–Trinajstić information content (AvgIpc) is 3.18. The molecule has 0 aromatic heterocycles. The molecule has 0 unspecified atom stereocenters. The highest BCUT2D eigenvalue weighted by Crippen LogP contribution is 2.44. The van der Waals surface area contributed by atoms with Crippen LogP contribution in [0.1, 0.15) is 66.0 Å². The van der Waals surface area contributed by atoms with Crippen molar-refractivity contribution in [1.82, 2.24) is 19.8 Å². The number of nitrogens with zero attached hydrogens (tertiary/aromatic N) is 2. The van der Waals surface area contributed by atoms with Gasteiger partial charge in [-0.25, -0.2) is 13.1 Å². The topological polar surface area (TPSA) is 100 Å². The minimum Gasteiger partial charge on any atom is -0.482 e. The smallest absolute Gasteiger partial charge is 0.217 e. The number of carbonyl (C=O) groups excluding carboxylic acids is 1. The Morgan fingerprint density at radius 2 is 1.09 bits per heavy atom. The standard InChI is InChI=1S/C23H26N2O2.C22H26N2O3S/c1-17(26)24-16-18-6-5-7-19(14-18)21-15-23(10-12-25(2)13-11-23)27-22-9-4-3-8-20(21)22;1-24-12-10-22(11-13-24)15-20(19-8-3-4-9-21(19)27-22)18-7-5-6-17(14-18)16-23-28(2,25)26/h3-9,14-15H,10-13,16H2,1-2H3,(H,24,26);3-9,14-15,23H,10-13,16H2,1-2H3. The van der Waals surface area contributed by atoms with Crippen molar-refractivity contribution in [3.8, 4) is 11.5 Å². The van der Waals surface area contributed by atoms with Gasteiger partial charge in [0.2, 0.25) is 15.9 Å². The summed E-state index contributed by atoms with van der Waals surface area (Å²) < 4.78 is 38.5. The van der Waals surface area contributed by atoms with Crippen LogP contribution in [0.3, 0.4) is 0 Å². The molecule has 0 atom stereocenters. The van der Waals surface area contributed by atoms with E-state index in [1.54, 1.807) is 6.92 Å². The number of likely N-dealkylation sites (tertiary alicyclic amines) is 2. The summed E-state index contributed by atoms with van der Waals surface area (Å²) in [6, 6.07) is 33.0. The Bertz CT molecular complexity index is 2200. The van der Waals surface area contributed by atoms with Gasteiger partial charge in [0.25, 0.3) is 0 Å². The van der Waals surface area contributed by atoms with Gasteiger partial charge >= 0.3 is 0 Å². The number of piperidine rings is 2. The first-order valence-electron chi connectivity index (χ1n) is 19.2. The molecule has 4 aromatic carbocycles. The van der Waals surface area contributed by atoms with Gasteiger partial charge in [-0.1, -0.05) is 72.8 Å². The zero-order chi connectivity index (χ0) is 38.6. The van der Waals surface area contributed by atoms with E-state index in [0.29, 0.717) is 6.54 Å². The van der Waals surface area contributed by atoms with Crippen LogP contribution in [0.2, 0.25) is 0 Å². The van der Waals surface area contributed by atoms with Crippen LogP contribution in [0, 0.1) is 0 Å². The predicted octanol–water partition coefficient (Wildman–Crippen LogP) is 6.64. The lowest BCUT2D eigenvalue weighted by Crippen LogP contribution is -2.46. The molecule has 4 aliphatic rings. The second-order valence-electron chi connectivity index (χ2n) is 15.5. The third-order valence-electron chi connectivity index (χ3n) is 11.0. The summed E-state index contributed by atoms with van der Waals surface area (Å²) in [5, 5.41) is 2.88. The number of fused-ring (bicyclic) bond motifs is 2. The second-order valence-corrected chi connectivity index (χ2v) is 17.3. The predicted molar refractivity (Wildman–Crippen MR) is 219 cm³/mol. The molecule has 2 saturated heterocycles. The Balaban J connectivity index is 0.000000169. The first-order valence-corrected chi connectivity index (χ1v) is 21.0. The van der Waals surface area contributed by atoms with E-state index in [1.807, 2.05) is 36.4 Å². The number of hydrogen-bond acceptors (Lipinski definition) is 7. The van der Waals surface area contributed by atoms with Crippen LogP contribution in [0.4, 0.5) is 0 Å². The first kappa shape index (κ1) is 38.5. The van der Waals surface area contributed by atoms with Crippen LogP contribution >= 0.6 is 0 Å². The summed E-state index contributed by atoms with van der Waals surface area (Å²) in [6.45, 7) is 6.46. The zero-order valence-electron chi connectivity index (χ0n) is 32.3. The SMILES string of the molecule is CC(=O)NCc1cccc(C2=CC3(CCN(C)CC3)Oc3ccccc32)c1.CN1CCC2(C=C(c3cccc(CNS(C)(=O)=O)c3)c3ccccc3O2)CC1. The van der Waals surface area contributed by atoms with Crippen molar-refractivity contribution in [3.63, 3.8) is 0 Å². The van der Waals surface area contributed by atoms with Gasteiger partial charge in [-0.05, 0) is 83.9 Å². The number of nitrogens with one attached hydrogen (secondary N) is 2. The van der Waals surface area contributed by atoms with Gasteiger partial charge in [-0.15, -0.1) is 0 Å². The Hall–Kier alpha value is -4.74. The van der Waals surface area contributed by atoms with Gasteiger partial charge in [-0.3, -0.25) is 4.79 Å². The van der Waals surface area contributed by atoms with E-state index < -0.39 is 10.0 Å². The average molecular weight is 761 g/mol.